The first-order valence-corrected chi connectivity index (χ1v) is 2.74. The van der Waals surface area contributed by atoms with E-state index in [0.717, 1.165) is 0 Å². The fourth-order valence-electron chi connectivity index (χ4n) is 1.01. The van der Waals surface area contributed by atoms with Crippen LogP contribution in [0.25, 0.3) is 0 Å². The molecule has 0 saturated carbocycles. The zero-order chi connectivity index (χ0) is 5.40. The SMILES string of the molecule is C1=CC2=CC=CC2=C1.S. The number of hydrogen-bond donors (Lipinski definition) is 0. The van der Waals surface area contributed by atoms with Crippen LogP contribution in [0.4, 0.5) is 0 Å². The van der Waals surface area contributed by atoms with E-state index in [4.69, 9.17) is 0 Å². The van der Waals surface area contributed by atoms with Crippen molar-refractivity contribution in [3.05, 3.63) is 47.6 Å². The molecule has 0 fully saturated rings. The third-order valence-corrected chi connectivity index (χ3v) is 1.44. The lowest BCUT2D eigenvalue weighted by atomic mass is 10.2. The van der Waals surface area contributed by atoms with Crippen LogP contribution in [0.15, 0.2) is 47.6 Å². The average molecular weight is 136 g/mol. The molecule has 0 bridgehead atoms. The van der Waals surface area contributed by atoms with Crippen molar-refractivity contribution >= 4 is 13.5 Å². The Bertz CT molecular complexity index is 203. The third kappa shape index (κ3) is 0.879. The molecule has 0 saturated heterocycles. The van der Waals surface area contributed by atoms with Crippen molar-refractivity contribution in [3.8, 4) is 0 Å². The maximum atomic E-state index is 2.12. The second-order valence-corrected chi connectivity index (χ2v) is 1.96. The van der Waals surface area contributed by atoms with Gasteiger partial charge in [-0.2, -0.15) is 13.5 Å². The normalized spacial score (nSPS) is 18.7. The summed E-state index contributed by atoms with van der Waals surface area (Å²) in [6.45, 7) is 0. The molecule has 46 valence electrons. The second kappa shape index (κ2) is 2.28. The van der Waals surface area contributed by atoms with Gasteiger partial charge < -0.3 is 0 Å². The van der Waals surface area contributed by atoms with Crippen LogP contribution in [-0.4, -0.2) is 0 Å². The molecule has 0 aliphatic heterocycles. The molecular weight excluding hydrogens is 128 g/mol. The van der Waals surface area contributed by atoms with Crippen LogP contribution in [0.1, 0.15) is 0 Å². The molecule has 2 aliphatic rings. The van der Waals surface area contributed by atoms with Crippen LogP contribution in [0.2, 0.25) is 0 Å². The summed E-state index contributed by atoms with van der Waals surface area (Å²) >= 11 is 0. The van der Waals surface area contributed by atoms with Crippen LogP contribution in [-0.2, 0) is 0 Å². The van der Waals surface area contributed by atoms with Crippen molar-refractivity contribution in [1.29, 1.82) is 0 Å². The highest BCUT2D eigenvalue weighted by atomic mass is 32.1. The van der Waals surface area contributed by atoms with E-state index in [-0.39, 0.29) is 13.5 Å². The quantitative estimate of drug-likeness (QED) is 0.478. The highest BCUT2D eigenvalue weighted by molar-refractivity contribution is 7.59. The summed E-state index contributed by atoms with van der Waals surface area (Å²) in [6.07, 6.45) is 12.6. The number of allylic oxidation sites excluding steroid dienone is 8. The summed E-state index contributed by atoms with van der Waals surface area (Å²) in [5.41, 5.74) is 2.70. The molecule has 0 aromatic carbocycles. The molecule has 0 radical (unpaired) electrons. The van der Waals surface area contributed by atoms with Crippen LogP contribution in [0.5, 0.6) is 0 Å². The molecule has 1 heteroatoms. The maximum absolute atomic E-state index is 2.12. The minimum atomic E-state index is 0. The molecule has 2 aliphatic carbocycles. The van der Waals surface area contributed by atoms with Crippen LogP contribution in [0.3, 0.4) is 0 Å². The van der Waals surface area contributed by atoms with E-state index in [2.05, 4.69) is 36.5 Å². The first kappa shape index (κ1) is 6.43. The van der Waals surface area contributed by atoms with E-state index in [1.165, 1.54) is 11.1 Å². The van der Waals surface area contributed by atoms with Gasteiger partial charge in [0.15, 0.2) is 0 Å². The van der Waals surface area contributed by atoms with Crippen LogP contribution in [0, 0.1) is 0 Å². The molecular formula is C8H8S. The van der Waals surface area contributed by atoms with Gasteiger partial charge in [-0.1, -0.05) is 36.5 Å². The molecule has 9 heavy (non-hydrogen) atoms. The Morgan fingerprint density at radius 1 is 0.778 bits per heavy atom. The standard InChI is InChI=1S/C8H6.H2S/c1-3-7-5-2-6-8(7)4-1;/h1-6H;1H2. The summed E-state index contributed by atoms with van der Waals surface area (Å²) in [5.74, 6) is 0. The van der Waals surface area contributed by atoms with Gasteiger partial charge in [-0.05, 0) is 11.1 Å². The highest BCUT2D eigenvalue weighted by Crippen LogP contribution is 2.23. The number of hydrogen-bond acceptors (Lipinski definition) is 0. The predicted molar refractivity (Wildman–Crippen MR) is 44.8 cm³/mol. The zero-order valence-corrected chi connectivity index (χ0v) is 5.96. The summed E-state index contributed by atoms with van der Waals surface area (Å²) < 4.78 is 0. The Balaban J connectivity index is 0.000000405. The average Bonchev–Trinajstić information content (AvgIpc) is 2.15. The van der Waals surface area contributed by atoms with E-state index in [1.807, 2.05) is 0 Å². The third-order valence-electron chi connectivity index (χ3n) is 1.44. The minimum absolute atomic E-state index is 0. The summed E-state index contributed by atoms with van der Waals surface area (Å²) in [6, 6.07) is 0. The lowest BCUT2D eigenvalue weighted by molar-refractivity contribution is 1.69. The van der Waals surface area contributed by atoms with Crippen LogP contribution < -0.4 is 0 Å². The smallest absolute Gasteiger partial charge is 0.0184 e. The molecule has 0 spiro atoms. The van der Waals surface area contributed by atoms with Crippen molar-refractivity contribution < 1.29 is 0 Å². The van der Waals surface area contributed by atoms with Gasteiger partial charge in [-0.15, -0.1) is 0 Å². The molecule has 0 aromatic heterocycles. The van der Waals surface area contributed by atoms with Gasteiger partial charge in [0.2, 0.25) is 0 Å². The predicted octanol–water partition coefficient (Wildman–Crippen LogP) is 2.09. The topological polar surface area (TPSA) is 0 Å². The van der Waals surface area contributed by atoms with E-state index in [1.54, 1.807) is 0 Å². The molecule has 0 atom stereocenters. The fourth-order valence-corrected chi connectivity index (χ4v) is 1.01. The zero-order valence-electron chi connectivity index (χ0n) is 4.96. The molecule has 0 nitrogen and oxygen atoms in total. The van der Waals surface area contributed by atoms with Gasteiger partial charge in [0.05, 0.1) is 0 Å². The Kier molecular flexibility index (Phi) is 1.63. The van der Waals surface area contributed by atoms with Gasteiger partial charge in [0.25, 0.3) is 0 Å². The van der Waals surface area contributed by atoms with E-state index < -0.39 is 0 Å². The van der Waals surface area contributed by atoms with Gasteiger partial charge in [-0.3, -0.25) is 0 Å². The van der Waals surface area contributed by atoms with E-state index in [9.17, 15) is 0 Å². The lowest BCUT2D eigenvalue weighted by Gasteiger charge is -1.85. The first-order chi connectivity index (χ1) is 3.97. The van der Waals surface area contributed by atoms with Crippen molar-refractivity contribution in [1.82, 2.24) is 0 Å². The first-order valence-electron chi connectivity index (χ1n) is 2.74. The Hall–Kier alpha value is -0.690. The summed E-state index contributed by atoms with van der Waals surface area (Å²) in [4.78, 5) is 0. The molecule has 2 rings (SSSR count). The number of rotatable bonds is 0. The maximum Gasteiger partial charge on any atom is -0.0184 e. The molecule has 0 N–H and O–H groups in total. The number of fused-ring (bicyclic) bond motifs is 1. The van der Waals surface area contributed by atoms with Crippen molar-refractivity contribution in [3.63, 3.8) is 0 Å². The van der Waals surface area contributed by atoms with Gasteiger partial charge in [-0.25, -0.2) is 0 Å². The fraction of sp³-hybridized carbons (Fsp3) is 0. The molecule has 0 heterocycles. The van der Waals surface area contributed by atoms with E-state index in [0.29, 0.717) is 0 Å². The Morgan fingerprint density at radius 2 is 1.22 bits per heavy atom. The Labute approximate surface area is 61.7 Å². The Morgan fingerprint density at radius 3 is 1.67 bits per heavy atom. The van der Waals surface area contributed by atoms with Gasteiger partial charge in [0.1, 0.15) is 0 Å². The second-order valence-electron chi connectivity index (χ2n) is 1.96. The molecule has 0 unspecified atom stereocenters. The van der Waals surface area contributed by atoms with Crippen molar-refractivity contribution in [2.75, 3.05) is 0 Å². The van der Waals surface area contributed by atoms with Gasteiger partial charge in [0, 0.05) is 0 Å². The minimum Gasteiger partial charge on any atom is -0.197 e. The van der Waals surface area contributed by atoms with Crippen LogP contribution >= 0.6 is 13.5 Å². The van der Waals surface area contributed by atoms with E-state index >= 15 is 0 Å². The molecule has 0 amide bonds. The largest absolute Gasteiger partial charge is 0.197 e. The van der Waals surface area contributed by atoms with Crippen molar-refractivity contribution in [2.24, 2.45) is 0 Å². The summed E-state index contributed by atoms with van der Waals surface area (Å²) in [7, 11) is 0. The monoisotopic (exact) mass is 136 g/mol. The van der Waals surface area contributed by atoms with Gasteiger partial charge >= 0.3 is 0 Å². The molecule has 0 aromatic rings. The van der Waals surface area contributed by atoms with Crippen molar-refractivity contribution in [2.45, 2.75) is 0 Å². The summed E-state index contributed by atoms with van der Waals surface area (Å²) in [5, 5.41) is 0. The highest BCUT2D eigenvalue weighted by Gasteiger charge is 2.04. The lowest BCUT2D eigenvalue weighted by Crippen LogP contribution is -1.67.